The summed E-state index contributed by atoms with van der Waals surface area (Å²) in [7, 11) is -3.43. The highest BCUT2D eigenvalue weighted by atomic mass is 32.2. The van der Waals surface area contributed by atoms with Crippen LogP contribution >= 0.6 is 0 Å². The van der Waals surface area contributed by atoms with Gasteiger partial charge in [-0.25, -0.2) is 18.1 Å². The van der Waals surface area contributed by atoms with Gasteiger partial charge in [0, 0.05) is 35.1 Å². The van der Waals surface area contributed by atoms with Gasteiger partial charge in [0.15, 0.2) is 0 Å². The van der Waals surface area contributed by atoms with Crippen LogP contribution < -0.4 is 4.72 Å². The highest BCUT2D eigenvalue weighted by Gasteiger charge is 2.34. The molecule has 6 nitrogen and oxygen atoms in total. The lowest BCUT2D eigenvalue weighted by molar-refractivity contribution is 0.522. The molecular formula is C27H28N4O2S. The molecule has 0 saturated heterocycles. The molecule has 0 radical (unpaired) electrons. The van der Waals surface area contributed by atoms with E-state index in [1.807, 2.05) is 48.5 Å². The Morgan fingerprint density at radius 3 is 2.38 bits per heavy atom. The summed E-state index contributed by atoms with van der Waals surface area (Å²) in [5, 5.41) is 0. The Labute approximate surface area is 200 Å². The first-order valence-electron chi connectivity index (χ1n) is 11.4. The second-order valence-corrected chi connectivity index (χ2v) is 12.1. The lowest BCUT2D eigenvalue weighted by Gasteiger charge is -2.23. The average Bonchev–Trinajstić information content (AvgIpc) is 3.44. The third-order valence-electron chi connectivity index (χ3n) is 6.32. The van der Waals surface area contributed by atoms with E-state index >= 15 is 0 Å². The maximum absolute atomic E-state index is 12.7. The monoisotopic (exact) mass is 472 g/mol. The van der Waals surface area contributed by atoms with E-state index in [2.05, 4.69) is 26.8 Å². The van der Waals surface area contributed by atoms with Crippen molar-refractivity contribution in [3.8, 4) is 33.9 Å². The molecule has 1 aliphatic rings. The van der Waals surface area contributed by atoms with Gasteiger partial charge in [-0.3, -0.25) is 4.98 Å². The topological polar surface area (TPSA) is 87.7 Å². The summed E-state index contributed by atoms with van der Waals surface area (Å²) in [6.45, 7) is 5.16. The van der Waals surface area contributed by atoms with Crippen molar-refractivity contribution < 1.29 is 8.42 Å². The summed E-state index contributed by atoms with van der Waals surface area (Å²) in [4.78, 5) is 12.6. The van der Waals surface area contributed by atoms with Crippen LogP contribution in [0.25, 0.3) is 33.9 Å². The van der Waals surface area contributed by atoms with Crippen molar-refractivity contribution in [1.29, 1.82) is 0 Å². The molecule has 2 N–H and O–H groups in total. The van der Waals surface area contributed by atoms with Crippen LogP contribution in [0.4, 0.5) is 0 Å². The van der Waals surface area contributed by atoms with Crippen molar-refractivity contribution in [2.24, 2.45) is 0 Å². The Morgan fingerprint density at radius 2 is 1.68 bits per heavy atom. The van der Waals surface area contributed by atoms with Gasteiger partial charge in [0.2, 0.25) is 10.0 Å². The molecular weight excluding hydrogens is 444 g/mol. The van der Waals surface area contributed by atoms with E-state index in [0.717, 1.165) is 57.9 Å². The molecule has 2 heterocycles. The number of H-pyrrole nitrogens is 1. The zero-order valence-corrected chi connectivity index (χ0v) is 20.4. The van der Waals surface area contributed by atoms with Crippen LogP contribution in [0, 0.1) is 0 Å². The molecule has 7 heteroatoms. The maximum Gasteiger partial charge on any atom is 0.217 e. The molecule has 1 unspecified atom stereocenters. The van der Waals surface area contributed by atoms with Gasteiger partial charge in [-0.2, -0.15) is 0 Å². The summed E-state index contributed by atoms with van der Waals surface area (Å²) in [5.74, 6) is 0.804. The molecule has 1 aliphatic carbocycles. The number of nitrogens with zero attached hydrogens (tertiary/aromatic N) is 2. The van der Waals surface area contributed by atoms with Crippen LogP contribution in [0.5, 0.6) is 0 Å². The fourth-order valence-corrected chi connectivity index (χ4v) is 5.27. The van der Waals surface area contributed by atoms with Gasteiger partial charge in [-0.1, -0.05) is 42.5 Å². The van der Waals surface area contributed by atoms with E-state index < -0.39 is 14.8 Å². The minimum atomic E-state index is -3.43. The van der Waals surface area contributed by atoms with Crippen molar-refractivity contribution >= 4 is 10.0 Å². The number of hydrogen-bond acceptors (Lipinski definition) is 4. The number of aryl methyl sites for hydroxylation is 1. The van der Waals surface area contributed by atoms with E-state index in [4.69, 9.17) is 4.98 Å². The first kappa shape index (κ1) is 22.5. The Bertz CT molecular complexity index is 1420. The van der Waals surface area contributed by atoms with Crippen molar-refractivity contribution in [3.63, 3.8) is 0 Å². The quantitative estimate of drug-likeness (QED) is 0.401. The molecule has 0 saturated carbocycles. The second-order valence-electron chi connectivity index (χ2n) is 9.65. The number of fused-ring (bicyclic) bond motifs is 1. The van der Waals surface area contributed by atoms with E-state index in [0.29, 0.717) is 0 Å². The Hall–Kier alpha value is -3.29. The van der Waals surface area contributed by atoms with Crippen LogP contribution in [-0.4, -0.2) is 28.1 Å². The highest BCUT2D eigenvalue weighted by Crippen LogP contribution is 2.38. The van der Waals surface area contributed by atoms with Crippen molar-refractivity contribution in [3.05, 3.63) is 84.2 Å². The molecule has 4 aromatic rings. The summed E-state index contributed by atoms with van der Waals surface area (Å²) >= 11 is 0. The van der Waals surface area contributed by atoms with Crippen LogP contribution in [0.15, 0.2) is 73.1 Å². The molecule has 1 atom stereocenters. The number of rotatable bonds is 5. The summed E-state index contributed by atoms with van der Waals surface area (Å²) in [6, 6.07) is 20.0. The van der Waals surface area contributed by atoms with Gasteiger partial charge in [0.1, 0.15) is 5.82 Å². The van der Waals surface area contributed by atoms with Crippen LogP contribution in [0.3, 0.4) is 0 Å². The molecule has 5 rings (SSSR count). The lowest BCUT2D eigenvalue weighted by atomic mass is 10.0. The van der Waals surface area contributed by atoms with Gasteiger partial charge < -0.3 is 4.98 Å². The normalized spacial score (nSPS) is 15.9. The van der Waals surface area contributed by atoms with Crippen molar-refractivity contribution in [2.45, 2.75) is 44.4 Å². The number of aromatic amines is 1. The number of imidazole rings is 1. The Kier molecular flexibility index (Phi) is 5.62. The van der Waals surface area contributed by atoms with Crippen LogP contribution in [-0.2, 0) is 16.4 Å². The smallest absolute Gasteiger partial charge is 0.217 e. The van der Waals surface area contributed by atoms with Gasteiger partial charge in [-0.15, -0.1) is 0 Å². The fourth-order valence-electron chi connectivity index (χ4n) is 4.29. The maximum atomic E-state index is 12.7. The van der Waals surface area contributed by atoms with E-state index in [1.54, 1.807) is 33.2 Å². The predicted molar refractivity (Wildman–Crippen MR) is 136 cm³/mol. The zero-order valence-electron chi connectivity index (χ0n) is 19.5. The van der Waals surface area contributed by atoms with Gasteiger partial charge in [0.25, 0.3) is 0 Å². The molecule has 0 aliphatic heterocycles. The third-order valence-corrected chi connectivity index (χ3v) is 8.52. The number of aromatic nitrogens is 3. The minimum Gasteiger partial charge on any atom is -0.337 e. The number of pyridine rings is 1. The number of benzene rings is 2. The van der Waals surface area contributed by atoms with Crippen molar-refractivity contribution in [2.75, 3.05) is 0 Å². The standard InChI is InChI=1S/C27H28N4O2S/c1-27(2,3)34(32,33)31-23-12-10-20-17-21(9-11-22(20)23)25-24(18-13-15-28-16-14-18)29-26(30-25)19-7-5-4-6-8-19/h4-9,11,13-17,23,31H,10,12H2,1-3H3,(H,29,30). The van der Waals surface area contributed by atoms with Gasteiger partial charge in [-0.05, 0) is 62.9 Å². The molecule has 0 amide bonds. The summed E-state index contributed by atoms with van der Waals surface area (Å²) in [6.07, 6.45) is 5.11. The predicted octanol–water partition coefficient (Wildman–Crippen LogP) is 5.51. The van der Waals surface area contributed by atoms with Crippen LogP contribution in [0.2, 0.25) is 0 Å². The lowest BCUT2D eigenvalue weighted by Crippen LogP contribution is -2.40. The molecule has 2 aromatic carbocycles. The second kappa shape index (κ2) is 8.49. The largest absolute Gasteiger partial charge is 0.337 e. The zero-order chi connectivity index (χ0) is 23.9. The Morgan fingerprint density at radius 1 is 0.941 bits per heavy atom. The van der Waals surface area contributed by atoms with Gasteiger partial charge in [0.05, 0.1) is 16.1 Å². The summed E-state index contributed by atoms with van der Waals surface area (Å²) < 4.78 is 27.5. The van der Waals surface area contributed by atoms with E-state index in [-0.39, 0.29) is 6.04 Å². The van der Waals surface area contributed by atoms with Gasteiger partial charge >= 0.3 is 0 Å². The van der Waals surface area contributed by atoms with E-state index in [1.165, 1.54) is 0 Å². The molecule has 0 spiro atoms. The van der Waals surface area contributed by atoms with E-state index in [9.17, 15) is 8.42 Å². The number of hydrogen-bond donors (Lipinski definition) is 2. The fraction of sp³-hybridized carbons (Fsp3) is 0.259. The molecule has 34 heavy (non-hydrogen) atoms. The molecule has 0 fully saturated rings. The third kappa shape index (κ3) is 4.17. The molecule has 0 bridgehead atoms. The molecule has 2 aromatic heterocycles. The highest BCUT2D eigenvalue weighted by molar-refractivity contribution is 7.90. The van der Waals surface area contributed by atoms with Crippen LogP contribution in [0.1, 0.15) is 44.4 Å². The average molecular weight is 473 g/mol. The first-order chi connectivity index (χ1) is 16.2. The molecule has 174 valence electrons. The summed E-state index contributed by atoms with van der Waals surface area (Å²) in [5.41, 5.74) is 7.04. The Balaban J connectivity index is 1.54. The number of sulfonamides is 1. The van der Waals surface area contributed by atoms with Crippen molar-refractivity contribution in [1.82, 2.24) is 19.7 Å². The number of nitrogens with one attached hydrogen (secondary N) is 2. The first-order valence-corrected chi connectivity index (χ1v) is 12.9. The SMILES string of the molecule is CC(C)(C)S(=O)(=O)NC1CCc2cc(-c3[nH]c(-c4ccccc4)nc3-c3ccncc3)ccc21. The minimum absolute atomic E-state index is 0.199.